The van der Waals surface area contributed by atoms with Crippen LogP contribution in [-0.2, 0) is 0 Å². The van der Waals surface area contributed by atoms with Crippen LogP contribution < -0.4 is 14.7 Å². The largest absolute Gasteiger partial charge is 0.341 e. The van der Waals surface area contributed by atoms with E-state index in [-0.39, 0.29) is 0 Å². The summed E-state index contributed by atoms with van der Waals surface area (Å²) in [5.74, 6) is 1.23. The molecule has 7 aromatic rings. The minimum Gasteiger partial charge on any atom is -0.341 e. The molecular weight excluding hydrogens is 715 g/mol. The fourth-order valence-corrected chi connectivity index (χ4v) is 10.0. The minimum atomic E-state index is 0.870. The van der Waals surface area contributed by atoms with Crippen LogP contribution in [0.3, 0.4) is 0 Å². The van der Waals surface area contributed by atoms with E-state index in [0.717, 1.165) is 19.6 Å². The van der Waals surface area contributed by atoms with Gasteiger partial charge in [-0.1, -0.05) is 65.2 Å². The number of fused-ring (bicyclic) bond motifs is 1. The molecule has 0 unspecified atom stereocenters. The molecule has 0 heterocycles. The van der Waals surface area contributed by atoms with E-state index in [0.29, 0.717) is 0 Å². The lowest BCUT2D eigenvalue weighted by molar-refractivity contribution is 1.00. The van der Waals surface area contributed by atoms with Gasteiger partial charge in [0.15, 0.2) is 0 Å². The summed E-state index contributed by atoms with van der Waals surface area (Å²) in [5, 5.41) is 2.50. The molecule has 0 aliphatic carbocycles. The Hall–Kier alpha value is -5.93. The molecule has 7 rings (SSSR count). The number of rotatable bonds is 12. The highest BCUT2D eigenvalue weighted by molar-refractivity contribution is 6.00. The van der Waals surface area contributed by atoms with Crippen LogP contribution in [0.2, 0.25) is 0 Å². The van der Waals surface area contributed by atoms with Gasteiger partial charge in [-0.15, -0.1) is 0 Å². The van der Waals surface area contributed by atoms with Crippen LogP contribution in [-0.4, -0.2) is 19.6 Å². The van der Waals surface area contributed by atoms with Gasteiger partial charge in [-0.25, -0.2) is 0 Å². The Labute approximate surface area is 355 Å². The summed E-state index contributed by atoms with van der Waals surface area (Å²) in [6, 6.07) is 46.1. The zero-order valence-corrected chi connectivity index (χ0v) is 37.5. The standard InChI is InChI=1S/C56H62N3/c1-13-57(54-39(7)30-36(4)31-40(54)8)47-24-20-45(21-25-47)53(46-22-26-48(27-23-46)58(14-2)55-41(9)32-37(5)33-42(55)10)51-28-29-52(50-19-17-16-18-49(50)51)59(15-3)56-43(11)34-38(6)35-44(56)12/h16-35H,13-15H2,1-12H3/q+1. The lowest BCUT2D eigenvalue weighted by atomic mass is 9.82. The number of hydrogen-bond acceptors (Lipinski definition) is 3. The van der Waals surface area contributed by atoms with Gasteiger partial charge in [-0.05, 0) is 189 Å². The SMILES string of the molecule is CCN(c1ccc([C+](c2ccc(N(CC)c3c(C)cc(C)cc3C)cc2)c2ccc(N(CC)c3c(C)cc(C)cc3C)c3ccccc23)cc1)c1c(C)cc(C)cc1C. The summed E-state index contributed by atoms with van der Waals surface area (Å²) in [4.78, 5) is 7.41. The van der Waals surface area contributed by atoms with Crippen LogP contribution in [0, 0.1) is 68.2 Å². The van der Waals surface area contributed by atoms with Gasteiger partial charge >= 0.3 is 0 Å². The minimum absolute atomic E-state index is 0.870. The van der Waals surface area contributed by atoms with Gasteiger partial charge in [0, 0.05) is 47.5 Å². The second kappa shape index (κ2) is 17.1. The van der Waals surface area contributed by atoms with Crippen molar-refractivity contribution in [1.29, 1.82) is 0 Å². The average Bonchev–Trinajstić information content (AvgIpc) is 3.20. The number of benzene rings is 7. The fourth-order valence-electron chi connectivity index (χ4n) is 10.0. The molecule has 0 aromatic heterocycles. The first-order valence-corrected chi connectivity index (χ1v) is 21.5. The molecule has 7 aromatic carbocycles. The maximum absolute atomic E-state index is 2.50. The van der Waals surface area contributed by atoms with Crippen LogP contribution in [0.4, 0.5) is 34.1 Å². The molecule has 0 bridgehead atoms. The van der Waals surface area contributed by atoms with E-state index >= 15 is 0 Å². The molecule has 0 saturated carbocycles. The molecule has 0 radical (unpaired) electrons. The Bertz CT molecular complexity index is 2440. The molecule has 0 aliphatic rings. The number of aryl methyl sites for hydroxylation is 9. The van der Waals surface area contributed by atoms with Crippen molar-refractivity contribution in [2.75, 3.05) is 34.3 Å². The van der Waals surface area contributed by atoms with E-state index in [1.807, 2.05) is 0 Å². The average molecular weight is 777 g/mol. The molecule has 0 N–H and O–H groups in total. The predicted octanol–water partition coefficient (Wildman–Crippen LogP) is 15.1. The second-order valence-corrected chi connectivity index (χ2v) is 16.6. The molecule has 300 valence electrons. The molecule has 0 fully saturated rings. The lowest BCUT2D eigenvalue weighted by Gasteiger charge is -2.29. The molecule has 0 spiro atoms. The van der Waals surface area contributed by atoms with Crippen molar-refractivity contribution in [3.63, 3.8) is 0 Å². The summed E-state index contributed by atoms with van der Waals surface area (Å²) in [6.07, 6.45) is 0. The first-order chi connectivity index (χ1) is 28.3. The second-order valence-electron chi connectivity index (χ2n) is 16.6. The molecule has 0 amide bonds. The van der Waals surface area contributed by atoms with Crippen molar-refractivity contribution < 1.29 is 0 Å². The number of hydrogen-bond donors (Lipinski definition) is 0. The van der Waals surface area contributed by atoms with Gasteiger partial charge in [0.1, 0.15) is 0 Å². The molecule has 3 heteroatoms. The Balaban J connectivity index is 1.38. The van der Waals surface area contributed by atoms with Crippen molar-refractivity contribution in [3.05, 3.63) is 194 Å². The van der Waals surface area contributed by atoms with Gasteiger partial charge in [-0.2, -0.15) is 0 Å². The quantitative estimate of drug-likeness (QED) is 0.0904. The Morgan fingerprint density at radius 2 is 0.712 bits per heavy atom. The Morgan fingerprint density at radius 1 is 0.373 bits per heavy atom. The smallest absolute Gasteiger partial charge is 0.0638 e. The van der Waals surface area contributed by atoms with E-state index in [4.69, 9.17) is 0 Å². The third kappa shape index (κ3) is 7.96. The molecule has 3 nitrogen and oxygen atoms in total. The number of nitrogens with zero attached hydrogens (tertiary/aromatic N) is 3. The van der Waals surface area contributed by atoms with Crippen LogP contribution in [0.1, 0.15) is 87.5 Å². The van der Waals surface area contributed by atoms with Crippen molar-refractivity contribution >= 4 is 44.9 Å². The predicted molar refractivity (Wildman–Crippen MR) is 257 cm³/mol. The first kappa shape index (κ1) is 41.2. The third-order valence-electron chi connectivity index (χ3n) is 12.1. The summed E-state index contributed by atoms with van der Waals surface area (Å²) >= 11 is 0. The van der Waals surface area contributed by atoms with Gasteiger partial charge in [0.05, 0.1) is 39.7 Å². The number of anilines is 6. The van der Waals surface area contributed by atoms with Crippen molar-refractivity contribution in [2.45, 2.75) is 83.1 Å². The maximum atomic E-state index is 2.50. The van der Waals surface area contributed by atoms with Gasteiger partial charge in [0.2, 0.25) is 0 Å². The molecule has 0 aliphatic heterocycles. The molecule has 0 saturated heterocycles. The van der Waals surface area contributed by atoms with Gasteiger partial charge in [0.25, 0.3) is 0 Å². The zero-order valence-electron chi connectivity index (χ0n) is 37.5. The van der Waals surface area contributed by atoms with Crippen molar-refractivity contribution in [3.8, 4) is 0 Å². The van der Waals surface area contributed by atoms with Gasteiger partial charge < -0.3 is 14.7 Å². The summed E-state index contributed by atoms with van der Waals surface area (Å²) in [5.41, 5.74) is 22.9. The van der Waals surface area contributed by atoms with Gasteiger partial charge in [-0.3, -0.25) is 0 Å². The van der Waals surface area contributed by atoms with Crippen LogP contribution in [0.5, 0.6) is 0 Å². The lowest BCUT2D eigenvalue weighted by Crippen LogP contribution is -2.19. The normalized spacial score (nSPS) is 11.3. The monoisotopic (exact) mass is 776 g/mol. The van der Waals surface area contributed by atoms with E-state index < -0.39 is 0 Å². The summed E-state index contributed by atoms with van der Waals surface area (Å²) in [7, 11) is 0. The van der Waals surface area contributed by atoms with E-state index in [1.165, 1.54) is 118 Å². The highest BCUT2D eigenvalue weighted by Crippen LogP contribution is 2.43. The fraction of sp³-hybridized carbons (Fsp3) is 0.268. The molecule has 0 atom stereocenters. The maximum Gasteiger partial charge on any atom is 0.0638 e. The third-order valence-corrected chi connectivity index (χ3v) is 12.1. The zero-order chi connectivity index (χ0) is 42.1. The first-order valence-electron chi connectivity index (χ1n) is 21.5. The van der Waals surface area contributed by atoms with E-state index in [9.17, 15) is 0 Å². The highest BCUT2D eigenvalue weighted by atomic mass is 15.1. The van der Waals surface area contributed by atoms with Crippen molar-refractivity contribution in [2.24, 2.45) is 0 Å². The topological polar surface area (TPSA) is 9.72 Å². The molecule has 59 heavy (non-hydrogen) atoms. The van der Waals surface area contributed by atoms with E-state index in [2.05, 4.69) is 219 Å². The summed E-state index contributed by atoms with van der Waals surface area (Å²) < 4.78 is 0. The van der Waals surface area contributed by atoms with Crippen LogP contribution in [0.15, 0.2) is 121 Å². The Kier molecular flexibility index (Phi) is 12.0. The summed E-state index contributed by atoms with van der Waals surface area (Å²) in [6.45, 7) is 29.4. The van der Waals surface area contributed by atoms with Crippen LogP contribution in [0.25, 0.3) is 10.8 Å². The highest BCUT2D eigenvalue weighted by Gasteiger charge is 2.28. The van der Waals surface area contributed by atoms with Crippen molar-refractivity contribution in [1.82, 2.24) is 0 Å². The van der Waals surface area contributed by atoms with E-state index in [1.54, 1.807) is 0 Å². The van der Waals surface area contributed by atoms with Crippen LogP contribution >= 0.6 is 0 Å². The Morgan fingerprint density at radius 3 is 1.07 bits per heavy atom. The molecular formula is C56H62N3+.